The third kappa shape index (κ3) is 0.756. The molecule has 6 rings (SSSR count). The van der Waals surface area contributed by atoms with Gasteiger partial charge in [-0.25, -0.2) is 0 Å². The lowest BCUT2D eigenvalue weighted by molar-refractivity contribution is -0.126. The smallest absolute Gasteiger partial charge is 0.168 e. The Bertz CT molecular complexity index is 954. The van der Waals surface area contributed by atoms with Crippen molar-refractivity contribution >= 4 is 11.6 Å². The van der Waals surface area contributed by atoms with E-state index in [-0.39, 0.29) is 23.4 Å². The average Bonchev–Trinajstić information content (AvgIpc) is 3.00. The number of benzene rings is 2. The van der Waals surface area contributed by atoms with Crippen LogP contribution in [-0.4, -0.2) is 11.6 Å². The highest BCUT2D eigenvalue weighted by Gasteiger charge is 2.92. The summed E-state index contributed by atoms with van der Waals surface area (Å²) in [6.45, 7) is 0. The number of allylic oxidation sites excluding steroid dienone is 2. The highest BCUT2D eigenvalue weighted by molar-refractivity contribution is 6.23. The molecule has 0 heterocycles. The molecule has 2 aromatic rings. The van der Waals surface area contributed by atoms with Gasteiger partial charge in [-0.05, 0) is 34.4 Å². The third-order valence-corrected chi connectivity index (χ3v) is 6.41. The molecule has 1 spiro atoms. The Morgan fingerprint density at radius 2 is 1.36 bits per heavy atom. The number of hydrogen-bond donors (Lipinski definition) is 0. The lowest BCUT2D eigenvalue weighted by Crippen LogP contribution is -2.34. The molecule has 2 nitrogen and oxygen atoms in total. The minimum absolute atomic E-state index is 0.0334. The van der Waals surface area contributed by atoms with Gasteiger partial charge in [0.15, 0.2) is 11.6 Å². The van der Waals surface area contributed by atoms with E-state index < -0.39 is 10.8 Å². The minimum Gasteiger partial charge on any atom is -0.294 e. The fraction of sp³-hybridized carbons (Fsp3) is 0.200. The summed E-state index contributed by atoms with van der Waals surface area (Å²) in [5.74, 6) is 0.327. The molecule has 0 radical (unpaired) electrons. The number of carbonyl (C=O) groups is 2. The quantitative estimate of drug-likeness (QED) is 0.745. The number of rotatable bonds is 0. The second-order valence-electron chi connectivity index (χ2n) is 6.82. The van der Waals surface area contributed by atoms with Crippen LogP contribution in [0.1, 0.15) is 34.1 Å². The summed E-state index contributed by atoms with van der Waals surface area (Å²) >= 11 is 0. The molecular formula is C20H12O2. The van der Waals surface area contributed by atoms with Gasteiger partial charge >= 0.3 is 0 Å². The van der Waals surface area contributed by atoms with Crippen LogP contribution in [0.4, 0.5) is 0 Å². The monoisotopic (exact) mass is 284 g/mol. The first-order valence-electron chi connectivity index (χ1n) is 7.71. The Labute approximate surface area is 127 Å². The molecule has 4 unspecified atom stereocenters. The molecule has 0 aliphatic heterocycles. The van der Waals surface area contributed by atoms with Crippen LogP contribution in [-0.2, 0) is 15.0 Å². The Balaban J connectivity index is 1.82. The maximum Gasteiger partial charge on any atom is 0.168 e. The first-order valence-corrected chi connectivity index (χ1v) is 7.71. The fourth-order valence-electron chi connectivity index (χ4n) is 5.93. The van der Waals surface area contributed by atoms with Gasteiger partial charge in [0.2, 0.25) is 0 Å². The van der Waals surface area contributed by atoms with E-state index in [1.165, 1.54) is 28.8 Å². The highest BCUT2D eigenvalue weighted by Crippen LogP contribution is 2.90. The normalized spacial score (nSPS) is 38.4. The SMILES string of the molecule is O=C1C=CC(=O)C23C4c5ccccc5C2C13c1ccccc14. The Morgan fingerprint density at radius 3 is 2.18 bits per heavy atom. The van der Waals surface area contributed by atoms with Crippen molar-refractivity contribution in [2.45, 2.75) is 17.3 Å². The van der Waals surface area contributed by atoms with Crippen LogP contribution in [0.5, 0.6) is 0 Å². The van der Waals surface area contributed by atoms with E-state index in [0.717, 1.165) is 5.56 Å². The van der Waals surface area contributed by atoms with Crippen LogP contribution < -0.4 is 0 Å². The zero-order valence-electron chi connectivity index (χ0n) is 11.7. The van der Waals surface area contributed by atoms with E-state index in [1.54, 1.807) is 0 Å². The summed E-state index contributed by atoms with van der Waals surface area (Å²) in [5.41, 5.74) is 3.53. The lowest BCUT2D eigenvalue weighted by atomic mass is 9.75. The summed E-state index contributed by atoms with van der Waals surface area (Å²) in [4.78, 5) is 25.8. The van der Waals surface area contributed by atoms with Gasteiger partial charge in [0, 0.05) is 11.8 Å². The third-order valence-electron chi connectivity index (χ3n) is 6.41. The zero-order chi connectivity index (χ0) is 14.7. The van der Waals surface area contributed by atoms with Gasteiger partial charge in [0.25, 0.3) is 0 Å². The second kappa shape index (κ2) is 3.00. The number of carbonyl (C=O) groups excluding carboxylic acids is 2. The molecule has 4 aliphatic rings. The Hall–Kier alpha value is -2.48. The first kappa shape index (κ1) is 11.1. The molecule has 0 aromatic heterocycles. The molecule has 0 N–H and O–H groups in total. The van der Waals surface area contributed by atoms with E-state index in [4.69, 9.17) is 0 Å². The topological polar surface area (TPSA) is 34.1 Å². The molecule has 0 bridgehead atoms. The van der Waals surface area contributed by atoms with Crippen LogP contribution in [0.15, 0.2) is 60.7 Å². The van der Waals surface area contributed by atoms with E-state index >= 15 is 0 Å². The van der Waals surface area contributed by atoms with Crippen molar-refractivity contribution in [3.63, 3.8) is 0 Å². The van der Waals surface area contributed by atoms with Crippen molar-refractivity contribution in [3.05, 3.63) is 82.9 Å². The van der Waals surface area contributed by atoms with E-state index in [0.29, 0.717) is 0 Å². The van der Waals surface area contributed by atoms with Crippen molar-refractivity contribution in [3.8, 4) is 0 Å². The van der Waals surface area contributed by atoms with E-state index in [2.05, 4.69) is 24.3 Å². The summed E-state index contributed by atoms with van der Waals surface area (Å²) in [6, 6.07) is 16.4. The predicted molar refractivity (Wildman–Crippen MR) is 80.7 cm³/mol. The zero-order valence-corrected chi connectivity index (χ0v) is 11.7. The van der Waals surface area contributed by atoms with Crippen molar-refractivity contribution in [1.29, 1.82) is 0 Å². The maximum atomic E-state index is 12.9. The summed E-state index contributed by atoms with van der Waals surface area (Å²) < 4.78 is 0. The molecule has 2 aromatic carbocycles. The Kier molecular flexibility index (Phi) is 1.52. The predicted octanol–water partition coefficient (Wildman–Crippen LogP) is 2.88. The van der Waals surface area contributed by atoms with E-state index in [1.807, 2.05) is 24.3 Å². The average molecular weight is 284 g/mol. The Morgan fingerprint density at radius 1 is 0.727 bits per heavy atom. The lowest BCUT2D eigenvalue weighted by Gasteiger charge is -2.23. The summed E-state index contributed by atoms with van der Waals surface area (Å²) in [5, 5.41) is 0. The van der Waals surface area contributed by atoms with E-state index in [9.17, 15) is 9.59 Å². The standard InChI is InChI=1S/C20H12O2/c21-15-9-10-16(22)20-17-11-5-1-2-6-12(11)18(20)19(15,20)14-8-4-3-7-13(14)17/h1-10,17-18H. The molecule has 104 valence electrons. The van der Waals surface area contributed by atoms with Crippen molar-refractivity contribution < 1.29 is 9.59 Å². The van der Waals surface area contributed by atoms with Gasteiger partial charge in [-0.3, -0.25) is 9.59 Å². The van der Waals surface area contributed by atoms with Gasteiger partial charge in [-0.1, -0.05) is 48.5 Å². The largest absolute Gasteiger partial charge is 0.294 e. The van der Waals surface area contributed by atoms with Gasteiger partial charge in [-0.15, -0.1) is 0 Å². The number of fused-ring (bicyclic) bond motifs is 5. The molecule has 1 saturated carbocycles. The molecular weight excluding hydrogens is 272 g/mol. The van der Waals surface area contributed by atoms with Crippen molar-refractivity contribution in [2.75, 3.05) is 0 Å². The fourth-order valence-corrected chi connectivity index (χ4v) is 5.93. The van der Waals surface area contributed by atoms with Crippen molar-refractivity contribution in [1.82, 2.24) is 0 Å². The van der Waals surface area contributed by atoms with Gasteiger partial charge in [0.1, 0.15) is 0 Å². The van der Waals surface area contributed by atoms with Crippen LogP contribution in [0.3, 0.4) is 0 Å². The molecule has 22 heavy (non-hydrogen) atoms. The first-order chi connectivity index (χ1) is 10.8. The van der Waals surface area contributed by atoms with Crippen LogP contribution >= 0.6 is 0 Å². The molecule has 2 heteroatoms. The molecule has 0 amide bonds. The minimum atomic E-state index is -0.617. The van der Waals surface area contributed by atoms with Crippen LogP contribution in [0, 0.1) is 5.41 Å². The summed E-state index contributed by atoms with van der Waals surface area (Å²) in [6.07, 6.45) is 3.03. The number of ketones is 2. The maximum absolute atomic E-state index is 12.9. The second-order valence-corrected chi connectivity index (χ2v) is 6.82. The van der Waals surface area contributed by atoms with Crippen LogP contribution in [0.2, 0.25) is 0 Å². The van der Waals surface area contributed by atoms with Crippen LogP contribution in [0.25, 0.3) is 0 Å². The molecule has 4 atom stereocenters. The van der Waals surface area contributed by atoms with Gasteiger partial charge in [-0.2, -0.15) is 0 Å². The van der Waals surface area contributed by atoms with Gasteiger partial charge in [0.05, 0.1) is 10.8 Å². The molecule has 1 fully saturated rings. The molecule has 4 aliphatic carbocycles. The number of hydrogen-bond acceptors (Lipinski definition) is 2. The van der Waals surface area contributed by atoms with Gasteiger partial charge < -0.3 is 0 Å². The highest BCUT2D eigenvalue weighted by atomic mass is 16.1. The molecule has 0 saturated heterocycles. The van der Waals surface area contributed by atoms with Crippen molar-refractivity contribution in [2.24, 2.45) is 5.41 Å². The summed E-state index contributed by atoms with van der Waals surface area (Å²) in [7, 11) is 0.